The molecule has 2 atom stereocenters. The van der Waals surface area contributed by atoms with Crippen LogP contribution in [0.15, 0.2) is 0 Å². The highest BCUT2D eigenvalue weighted by Crippen LogP contribution is 2.13. The van der Waals surface area contributed by atoms with Gasteiger partial charge < -0.3 is 4.90 Å². The van der Waals surface area contributed by atoms with Crippen LogP contribution in [0.25, 0.3) is 0 Å². The lowest BCUT2D eigenvalue weighted by Crippen LogP contribution is -2.44. The normalized spacial score (nSPS) is 14.9. The maximum Gasteiger partial charge on any atom is 0.224 e. The van der Waals surface area contributed by atoms with Gasteiger partial charge in [-0.15, -0.1) is 11.6 Å². The molecule has 0 heterocycles. The molecule has 0 aliphatic heterocycles. The van der Waals surface area contributed by atoms with Crippen LogP contribution in [0, 0.1) is 0 Å². The SMILES string of the molecule is CCC(C)N(C(=O)CCCl)C(C)CC. The number of nitrogens with zero attached hydrogens (tertiary/aromatic N) is 1. The molecule has 3 heteroatoms. The van der Waals surface area contributed by atoms with Crippen molar-refractivity contribution in [2.45, 2.75) is 59.0 Å². The van der Waals surface area contributed by atoms with Crippen LogP contribution in [0.1, 0.15) is 47.0 Å². The third-order valence-electron chi connectivity index (χ3n) is 2.73. The minimum atomic E-state index is 0.184. The standard InChI is InChI=1S/C11H22ClNO/c1-5-9(3)13(10(4)6-2)11(14)7-8-12/h9-10H,5-8H2,1-4H3. The molecule has 0 aliphatic rings. The maximum atomic E-state index is 11.8. The summed E-state index contributed by atoms with van der Waals surface area (Å²) in [5.74, 6) is 0.603. The van der Waals surface area contributed by atoms with E-state index in [1.807, 2.05) is 4.90 Å². The molecule has 0 fully saturated rings. The Kier molecular flexibility index (Phi) is 6.98. The van der Waals surface area contributed by atoms with Crippen LogP contribution in [-0.4, -0.2) is 28.8 Å². The highest BCUT2D eigenvalue weighted by atomic mass is 35.5. The summed E-state index contributed by atoms with van der Waals surface area (Å²) in [6.07, 6.45) is 2.45. The largest absolute Gasteiger partial charge is 0.337 e. The maximum absolute atomic E-state index is 11.8. The zero-order valence-electron chi connectivity index (χ0n) is 9.72. The fourth-order valence-corrected chi connectivity index (χ4v) is 1.69. The Balaban J connectivity index is 4.45. The van der Waals surface area contributed by atoms with Crippen molar-refractivity contribution < 1.29 is 4.79 Å². The van der Waals surface area contributed by atoms with Crippen molar-refractivity contribution in [3.63, 3.8) is 0 Å². The summed E-state index contributed by atoms with van der Waals surface area (Å²) in [4.78, 5) is 13.8. The van der Waals surface area contributed by atoms with Crippen molar-refractivity contribution in [3.05, 3.63) is 0 Å². The summed E-state index contributed by atoms with van der Waals surface area (Å²) in [7, 11) is 0. The predicted molar refractivity (Wildman–Crippen MR) is 61.7 cm³/mol. The number of alkyl halides is 1. The fourth-order valence-electron chi connectivity index (χ4n) is 1.53. The number of hydrogen-bond donors (Lipinski definition) is 0. The molecule has 0 saturated heterocycles. The quantitative estimate of drug-likeness (QED) is 0.629. The van der Waals surface area contributed by atoms with E-state index in [1.54, 1.807) is 0 Å². The van der Waals surface area contributed by atoms with Gasteiger partial charge >= 0.3 is 0 Å². The van der Waals surface area contributed by atoms with Crippen LogP contribution < -0.4 is 0 Å². The van der Waals surface area contributed by atoms with Crippen LogP contribution >= 0.6 is 11.6 Å². The van der Waals surface area contributed by atoms with Crippen molar-refractivity contribution >= 4 is 17.5 Å². The van der Waals surface area contributed by atoms with E-state index in [2.05, 4.69) is 27.7 Å². The Labute approximate surface area is 92.6 Å². The number of halogens is 1. The molecular weight excluding hydrogens is 198 g/mol. The fraction of sp³-hybridized carbons (Fsp3) is 0.909. The van der Waals surface area contributed by atoms with Crippen molar-refractivity contribution in [2.24, 2.45) is 0 Å². The van der Waals surface area contributed by atoms with Crippen LogP contribution in [0.3, 0.4) is 0 Å². The van der Waals surface area contributed by atoms with Crippen molar-refractivity contribution in [1.82, 2.24) is 4.90 Å². The summed E-state index contributed by atoms with van der Waals surface area (Å²) in [5.41, 5.74) is 0. The van der Waals surface area contributed by atoms with Crippen LogP contribution in [0.2, 0.25) is 0 Å². The first kappa shape index (κ1) is 13.8. The lowest BCUT2D eigenvalue weighted by Gasteiger charge is -2.34. The highest BCUT2D eigenvalue weighted by molar-refractivity contribution is 6.18. The predicted octanol–water partition coefficient (Wildman–Crippen LogP) is 3.04. The number of carbonyl (C=O) groups is 1. The van der Waals surface area contributed by atoms with E-state index in [0.717, 1.165) is 12.8 Å². The Morgan fingerprint density at radius 1 is 1.21 bits per heavy atom. The van der Waals surface area contributed by atoms with Crippen molar-refractivity contribution in [3.8, 4) is 0 Å². The minimum Gasteiger partial charge on any atom is -0.337 e. The topological polar surface area (TPSA) is 20.3 Å². The summed E-state index contributed by atoms with van der Waals surface area (Å²) in [6, 6.07) is 0.640. The average molecular weight is 220 g/mol. The first-order valence-corrected chi connectivity index (χ1v) is 5.98. The summed E-state index contributed by atoms with van der Waals surface area (Å²) in [5, 5.41) is 0. The summed E-state index contributed by atoms with van der Waals surface area (Å²) >= 11 is 5.59. The van der Waals surface area contributed by atoms with Gasteiger partial charge in [0.05, 0.1) is 0 Å². The van der Waals surface area contributed by atoms with Gasteiger partial charge in [-0.25, -0.2) is 0 Å². The molecule has 0 bridgehead atoms. The molecule has 0 N–H and O–H groups in total. The number of carbonyl (C=O) groups excluding carboxylic acids is 1. The van der Waals surface area contributed by atoms with Gasteiger partial charge in [-0.2, -0.15) is 0 Å². The highest BCUT2D eigenvalue weighted by Gasteiger charge is 2.22. The molecule has 0 spiro atoms. The average Bonchev–Trinajstić information content (AvgIpc) is 2.17. The molecule has 0 aromatic rings. The molecular formula is C11H22ClNO. The molecule has 0 rings (SSSR count). The van der Waals surface area contributed by atoms with Gasteiger partial charge in [0, 0.05) is 24.4 Å². The third-order valence-corrected chi connectivity index (χ3v) is 2.92. The number of amides is 1. The first-order valence-electron chi connectivity index (χ1n) is 5.45. The lowest BCUT2D eigenvalue weighted by molar-refractivity contribution is -0.135. The second-order valence-electron chi connectivity index (χ2n) is 3.75. The molecule has 0 aromatic heterocycles. The number of rotatable bonds is 6. The molecule has 0 saturated carbocycles. The van der Waals surface area contributed by atoms with Gasteiger partial charge in [0.2, 0.25) is 5.91 Å². The number of hydrogen-bond acceptors (Lipinski definition) is 1. The van der Waals surface area contributed by atoms with E-state index in [9.17, 15) is 4.79 Å². The monoisotopic (exact) mass is 219 g/mol. The van der Waals surface area contributed by atoms with Crippen LogP contribution in [0.4, 0.5) is 0 Å². The van der Waals surface area contributed by atoms with E-state index < -0.39 is 0 Å². The van der Waals surface area contributed by atoms with E-state index in [0.29, 0.717) is 24.4 Å². The Bertz CT molecular complexity index is 163. The van der Waals surface area contributed by atoms with E-state index >= 15 is 0 Å². The molecule has 0 radical (unpaired) electrons. The third kappa shape index (κ3) is 3.87. The van der Waals surface area contributed by atoms with E-state index in [4.69, 9.17) is 11.6 Å². The molecule has 84 valence electrons. The Hall–Kier alpha value is -0.240. The van der Waals surface area contributed by atoms with E-state index in [1.165, 1.54) is 0 Å². The van der Waals surface area contributed by atoms with Crippen molar-refractivity contribution in [1.29, 1.82) is 0 Å². The van der Waals surface area contributed by atoms with Gasteiger partial charge in [-0.1, -0.05) is 13.8 Å². The van der Waals surface area contributed by atoms with Gasteiger partial charge in [-0.05, 0) is 26.7 Å². The molecule has 1 amide bonds. The van der Waals surface area contributed by atoms with Crippen LogP contribution in [-0.2, 0) is 4.79 Å². The van der Waals surface area contributed by atoms with Gasteiger partial charge in [0.25, 0.3) is 0 Å². The molecule has 2 unspecified atom stereocenters. The second-order valence-corrected chi connectivity index (χ2v) is 4.13. The molecule has 0 aromatic carbocycles. The first-order chi connectivity index (χ1) is 6.58. The Morgan fingerprint density at radius 3 is 1.93 bits per heavy atom. The zero-order chi connectivity index (χ0) is 11.1. The summed E-state index contributed by atoms with van der Waals surface area (Å²) < 4.78 is 0. The minimum absolute atomic E-state index is 0.184. The van der Waals surface area contributed by atoms with Gasteiger partial charge in [0.15, 0.2) is 0 Å². The van der Waals surface area contributed by atoms with E-state index in [-0.39, 0.29) is 5.91 Å². The van der Waals surface area contributed by atoms with Crippen molar-refractivity contribution in [2.75, 3.05) is 5.88 Å². The Morgan fingerprint density at radius 2 is 1.64 bits per heavy atom. The van der Waals surface area contributed by atoms with Gasteiger partial charge in [0.1, 0.15) is 0 Å². The van der Waals surface area contributed by atoms with Gasteiger partial charge in [-0.3, -0.25) is 4.79 Å². The lowest BCUT2D eigenvalue weighted by atomic mass is 10.1. The molecule has 14 heavy (non-hydrogen) atoms. The second kappa shape index (κ2) is 7.10. The molecule has 2 nitrogen and oxygen atoms in total. The zero-order valence-corrected chi connectivity index (χ0v) is 10.5. The summed E-state index contributed by atoms with van der Waals surface area (Å²) in [6.45, 7) is 8.40. The van der Waals surface area contributed by atoms with Crippen LogP contribution in [0.5, 0.6) is 0 Å². The smallest absolute Gasteiger partial charge is 0.224 e. The molecule has 0 aliphatic carbocycles.